The standard InChI is InChI=1S/C18H14BClO2/c20-14-10-11-17(18(12-14)22-19-21)16-9-5-4-8-15(16)13-6-2-1-3-7-13/h1-12,19,21H. The van der Waals surface area contributed by atoms with E-state index in [0.717, 1.165) is 22.3 Å². The first-order valence-electron chi connectivity index (χ1n) is 6.97. The van der Waals surface area contributed by atoms with Gasteiger partial charge in [0.2, 0.25) is 0 Å². The third-order valence-electron chi connectivity index (χ3n) is 3.47. The van der Waals surface area contributed by atoms with Crippen LogP contribution in [0.4, 0.5) is 0 Å². The van der Waals surface area contributed by atoms with Crippen LogP contribution in [0.2, 0.25) is 5.02 Å². The van der Waals surface area contributed by atoms with Crippen molar-refractivity contribution in [1.29, 1.82) is 0 Å². The third kappa shape index (κ3) is 3.01. The normalized spacial score (nSPS) is 10.3. The minimum Gasteiger partial charge on any atom is -0.538 e. The van der Waals surface area contributed by atoms with Gasteiger partial charge in [-0.25, -0.2) is 0 Å². The number of halogens is 1. The first-order chi connectivity index (χ1) is 10.8. The summed E-state index contributed by atoms with van der Waals surface area (Å²) in [5, 5.41) is 9.68. The van der Waals surface area contributed by atoms with Gasteiger partial charge in [-0.2, -0.15) is 0 Å². The van der Waals surface area contributed by atoms with Crippen molar-refractivity contribution in [2.75, 3.05) is 0 Å². The summed E-state index contributed by atoms with van der Waals surface area (Å²) in [5.74, 6) is 0.568. The Hall–Kier alpha value is -2.23. The Bertz CT molecular complexity index is 775. The van der Waals surface area contributed by atoms with Gasteiger partial charge in [0.05, 0.1) is 0 Å². The summed E-state index contributed by atoms with van der Waals surface area (Å²) in [6, 6.07) is 23.7. The maximum absolute atomic E-state index is 9.10. The lowest BCUT2D eigenvalue weighted by molar-refractivity contribution is 0.455. The van der Waals surface area contributed by atoms with Crippen LogP contribution in [0, 0.1) is 0 Å². The molecule has 1 N–H and O–H groups in total. The summed E-state index contributed by atoms with van der Waals surface area (Å²) < 4.78 is 5.33. The highest BCUT2D eigenvalue weighted by Gasteiger charge is 2.12. The average Bonchev–Trinajstić information content (AvgIpc) is 2.56. The van der Waals surface area contributed by atoms with E-state index < -0.39 is 0 Å². The van der Waals surface area contributed by atoms with Crippen molar-refractivity contribution in [3.8, 4) is 28.0 Å². The largest absolute Gasteiger partial charge is 0.538 e. The molecule has 0 spiro atoms. The van der Waals surface area contributed by atoms with Crippen LogP contribution in [0.15, 0.2) is 72.8 Å². The molecule has 0 saturated carbocycles. The van der Waals surface area contributed by atoms with Gasteiger partial charge >= 0.3 is 7.69 Å². The van der Waals surface area contributed by atoms with Crippen molar-refractivity contribution in [3.05, 3.63) is 77.8 Å². The lowest BCUT2D eigenvalue weighted by Gasteiger charge is -2.14. The van der Waals surface area contributed by atoms with Gasteiger partial charge in [-0.15, -0.1) is 0 Å². The number of hydrogen-bond acceptors (Lipinski definition) is 2. The van der Waals surface area contributed by atoms with Crippen molar-refractivity contribution in [1.82, 2.24) is 0 Å². The van der Waals surface area contributed by atoms with Gasteiger partial charge in [-0.3, -0.25) is 0 Å². The second-order valence-corrected chi connectivity index (χ2v) is 5.26. The highest BCUT2D eigenvalue weighted by Crippen LogP contribution is 2.38. The average molecular weight is 309 g/mol. The first-order valence-corrected chi connectivity index (χ1v) is 7.35. The van der Waals surface area contributed by atoms with Crippen LogP contribution in [-0.2, 0) is 0 Å². The Morgan fingerprint density at radius 2 is 1.45 bits per heavy atom. The molecule has 0 fully saturated rings. The van der Waals surface area contributed by atoms with Crippen LogP contribution >= 0.6 is 11.6 Å². The van der Waals surface area contributed by atoms with Crippen LogP contribution in [-0.4, -0.2) is 12.7 Å². The van der Waals surface area contributed by atoms with Gasteiger partial charge in [0, 0.05) is 10.6 Å². The van der Waals surface area contributed by atoms with Crippen LogP contribution in [0.3, 0.4) is 0 Å². The Morgan fingerprint density at radius 1 is 0.773 bits per heavy atom. The molecule has 0 unspecified atom stereocenters. The highest BCUT2D eigenvalue weighted by atomic mass is 35.5. The molecule has 0 radical (unpaired) electrons. The molecule has 0 aliphatic rings. The Labute approximate surface area is 135 Å². The minimum atomic E-state index is -0.388. The zero-order valence-corrected chi connectivity index (χ0v) is 12.6. The fourth-order valence-corrected chi connectivity index (χ4v) is 2.66. The maximum atomic E-state index is 9.10. The van der Waals surface area contributed by atoms with Crippen molar-refractivity contribution in [2.45, 2.75) is 0 Å². The van der Waals surface area contributed by atoms with Crippen molar-refractivity contribution >= 4 is 19.3 Å². The second-order valence-electron chi connectivity index (χ2n) is 4.83. The van der Waals surface area contributed by atoms with Crippen molar-refractivity contribution in [2.24, 2.45) is 0 Å². The monoisotopic (exact) mass is 308 g/mol. The third-order valence-corrected chi connectivity index (χ3v) is 3.70. The zero-order chi connectivity index (χ0) is 15.4. The molecule has 0 aliphatic carbocycles. The van der Waals surface area contributed by atoms with Gasteiger partial charge in [-0.1, -0.05) is 66.2 Å². The highest BCUT2D eigenvalue weighted by molar-refractivity contribution is 6.31. The van der Waals surface area contributed by atoms with Gasteiger partial charge in [0.1, 0.15) is 5.75 Å². The van der Waals surface area contributed by atoms with E-state index in [-0.39, 0.29) is 7.69 Å². The van der Waals surface area contributed by atoms with E-state index >= 15 is 0 Å². The van der Waals surface area contributed by atoms with Crippen LogP contribution in [0.1, 0.15) is 0 Å². The van der Waals surface area contributed by atoms with Gasteiger partial charge in [-0.05, 0) is 34.9 Å². The molecule has 0 saturated heterocycles. The number of hydrogen-bond donors (Lipinski definition) is 1. The van der Waals surface area contributed by atoms with Gasteiger partial charge in [0.15, 0.2) is 0 Å². The molecular weight excluding hydrogens is 294 g/mol. The van der Waals surface area contributed by atoms with E-state index in [0.29, 0.717) is 10.8 Å². The van der Waals surface area contributed by atoms with Crippen LogP contribution < -0.4 is 4.65 Å². The smallest absolute Gasteiger partial charge is 0.504 e. The fourth-order valence-electron chi connectivity index (χ4n) is 2.50. The molecule has 0 atom stereocenters. The fraction of sp³-hybridized carbons (Fsp3) is 0. The molecule has 3 aromatic rings. The predicted octanol–water partition coefficient (Wildman–Crippen LogP) is 4.31. The molecule has 0 heterocycles. The quantitative estimate of drug-likeness (QED) is 0.728. The molecule has 0 aromatic heterocycles. The Morgan fingerprint density at radius 3 is 2.18 bits per heavy atom. The first kappa shape index (κ1) is 14.7. The summed E-state index contributed by atoms with van der Waals surface area (Å²) in [4.78, 5) is 0. The van der Waals surface area contributed by atoms with E-state index in [2.05, 4.69) is 18.2 Å². The van der Waals surface area contributed by atoms with E-state index in [1.807, 2.05) is 48.5 Å². The van der Waals surface area contributed by atoms with Gasteiger partial charge in [0.25, 0.3) is 0 Å². The SMILES string of the molecule is OBOc1cc(Cl)ccc1-c1ccccc1-c1ccccc1. The summed E-state index contributed by atoms with van der Waals surface area (Å²) in [6.45, 7) is 0. The molecule has 0 aliphatic heterocycles. The summed E-state index contributed by atoms with van der Waals surface area (Å²) in [7, 11) is -0.388. The number of benzene rings is 3. The molecule has 22 heavy (non-hydrogen) atoms. The second kappa shape index (κ2) is 6.69. The lowest BCUT2D eigenvalue weighted by Crippen LogP contribution is -2.01. The van der Waals surface area contributed by atoms with Crippen molar-refractivity contribution in [3.63, 3.8) is 0 Å². The van der Waals surface area contributed by atoms with E-state index in [1.54, 1.807) is 6.07 Å². The van der Waals surface area contributed by atoms with Crippen LogP contribution in [0.25, 0.3) is 22.3 Å². The minimum absolute atomic E-state index is 0.388. The Balaban J connectivity index is 2.18. The Kier molecular flexibility index (Phi) is 4.47. The predicted molar refractivity (Wildman–Crippen MR) is 92.3 cm³/mol. The summed E-state index contributed by atoms with van der Waals surface area (Å²) in [5.41, 5.74) is 4.17. The summed E-state index contributed by atoms with van der Waals surface area (Å²) in [6.07, 6.45) is 0. The van der Waals surface area contributed by atoms with Gasteiger partial charge < -0.3 is 9.68 Å². The molecule has 2 nitrogen and oxygen atoms in total. The zero-order valence-electron chi connectivity index (χ0n) is 11.9. The topological polar surface area (TPSA) is 29.5 Å². The molecule has 3 rings (SSSR count). The molecule has 0 bridgehead atoms. The molecular formula is C18H14BClO2. The van der Waals surface area contributed by atoms with Crippen molar-refractivity contribution < 1.29 is 9.68 Å². The number of rotatable bonds is 4. The maximum Gasteiger partial charge on any atom is 0.504 e. The van der Waals surface area contributed by atoms with E-state index in [4.69, 9.17) is 21.3 Å². The molecule has 0 amide bonds. The summed E-state index contributed by atoms with van der Waals surface area (Å²) >= 11 is 6.04. The van der Waals surface area contributed by atoms with E-state index in [1.165, 1.54) is 0 Å². The molecule has 4 heteroatoms. The van der Waals surface area contributed by atoms with E-state index in [9.17, 15) is 0 Å². The molecule has 108 valence electrons. The molecule has 3 aromatic carbocycles. The van der Waals surface area contributed by atoms with Crippen LogP contribution in [0.5, 0.6) is 5.75 Å². The lowest BCUT2D eigenvalue weighted by atomic mass is 9.94.